The van der Waals surface area contributed by atoms with Crippen LogP contribution in [-0.2, 0) is 0 Å². The second kappa shape index (κ2) is 4.71. The minimum Gasteiger partial charge on any atom is -0.397 e. The van der Waals surface area contributed by atoms with E-state index in [0.717, 1.165) is 17.9 Å². The van der Waals surface area contributed by atoms with Gasteiger partial charge in [0.2, 0.25) is 0 Å². The van der Waals surface area contributed by atoms with Crippen LogP contribution in [0.15, 0.2) is 54.6 Å². The highest BCUT2D eigenvalue weighted by Gasteiger charge is 2.08. The maximum atomic E-state index is 5.99. The van der Waals surface area contributed by atoms with Crippen molar-refractivity contribution in [2.75, 3.05) is 17.2 Å². The van der Waals surface area contributed by atoms with Crippen LogP contribution in [0.2, 0.25) is 0 Å². The van der Waals surface area contributed by atoms with Crippen molar-refractivity contribution in [2.45, 2.75) is 6.92 Å². The van der Waals surface area contributed by atoms with E-state index >= 15 is 0 Å². The van der Waals surface area contributed by atoms with E-state index in [9.17, 15) is 0 Å². The molecule has 2 rings (SSSR count). The zero-order chi connectivity index (χ0) is 11.4. The second-order valence-electron chi connectivity index (χ2n) is 3.64. The van der Waals surface area contributed by atoms with Gasteiger partial charge < -0.3 is 10.6 Å². The molecule has 2 heteroatoms. The number of hydrogen-bond donors (Lipinski definition) is 1. The molecule has 0 saturated carbocycles. The van der Waals surface area contributed by atoms with E-state index in [1.165, 1.54) is 5.69 Å². The van der Waals surface area contributed by atoms with Crippen molar-refractivity contribution >= 4 is 17.1 Å². The van der Waals surface area contributed by atoms with Crippen molar-refractivity contribution in [1.29, 1.82) is 0 Å². The van der Waals surface area contributed by atoms with Gasteiger partial charge in [-0.15, -0.1) is 0 Å². The quantitative estimate of drug-likeness (QED) is 0.790. The third-order valence-electron chi connectivity index (χ3n) is 2.61. The minimum atomic E-state index is 0.813. The van der Waals surface area contributed by atoms with Gasteiger partial charge >= 0.3 is 0 Å². The molecule has 0 aliphatic rings. The molecule has 0 spiro atoms. The Hall–Kier alpha value is -1.96. The highest BCUT2D eigenvalue weighted by molar-refractivity contribution is 5.74. The van der Waals surface area contributed by atoms with Crippen LogP contribution in [0.4, 0.5) is 17.1 Å². The molecule has 0 bridgehead atoms. The summed E-state index contributed by atoms with van der Waals surface area (Å²) < 4.78 is 0. The summed E-state index contributed by atoms with van der Waals surface area (Å²) in [4.78, 5) is 2.20. The van der Waals surface area contributed by atoms with E-state index in [1.807, 2.05) is 42.5 Å². The topological polar surface area (TPSA) is 29.3 Å². The highest BCUT2D eigenvalue weighted by atomic mass is 15.1. The summed E-state index contributed by atoms with van der Waals surface area (Å²) in [6.45, 7) is 3.03. The maximum absolute atomic E-state index is 5.99. The largest absolute Gasteiger partial charge is 0.397 e. The number of anilines is 3. The lowest BCUT2D eigenvalue weighted by Crippen LogP contribution is -2.17. The van der Waals surface area contributed by atoms with Gasteiger partial charge in [0, 0.05) is 12.2 Å². The predicted octanol–water partition coefficient (Wildman–Crippen LogP) is 3.43. The zero-order valence-corrected chi connectivity index (χ0v) is 9.43. The smallest absolute Gasteiger partial charge is 0.0644 e. The van der Waals surface area contributed by atoms with Gasteiger partial charge in [-0.05, 0) is 31.2 Å². The summed E-state index contributed by atoms with van der Waals surface area (Å²) in [5, 5.41) is 0. The summed E-state index contributed by atoms with van der Waals surface area (Å²) in [6, 6.07) is 18.2. The van der Waals surface area contributed by atoms with E-state index in [2.05, 4.69) is 24.0 Å². The van der Waals surface area contributed by atoms with Crippen LogP contribution in [0.25, 0.3) is 0 Å². The molecule has 0 unspecified atom stereocenters. The number of benzene rings is 2. The summed E-state index contributed by atoms with van der Waals surface area (Å²) in [7, 11) is 0. The molecule has 0 atom stereocenters. The Kier molecular flexibility index (Phi) is 3.10. The standard InChI is InChI=1S/C14H16N2/c1-2-16(12-8-4-3-5-9-12)14-11-7-6-10-13(14)15/h3-11H,2,15H2,1H3. The van der Waals surface area contributed by atoms with Gasteiger partial charge in [0.05, 0.1) is 11.4 Å². The molecule has 2 nitrogen and oxygen atoms in total. The SMILES string of the molecule is CCN(c1ccccc1)c1ccccc1N. The number of nitrogens with zero attached hydrogens (tertiary/aromatic N) is 1. The summed E-state index contributed by atoms with van der Waals surface area (Å²) >= 11 is 0. The Morgan fingerprint density at radius 2 is 1.56 bits per heavy atom. The molecule has 0 aliphatic heterocycles. The van der Waals surface area contributed by atoms with Crippen LogP contribution in [0.5, 0.6) is 0 Å². The van der Waals surface area contributed by atoms with E-state index in [1.54, 1.807) is 0 Å². The van der Waals surface area contributed by atoms with Crippen molar-refractivity contribution in [3.05, 3.63) is 54.6 Å². The Morgan fingerprint density at radius 3 is 2.19 bits per heavy atom. The molecular weight excluding hydrogens is 196 g/mol. The van der Waals surface area contributed by atoms with Gasteiger partial charge in [-0.25, -0.2) is 0 Å². The molecule has 0 aromatic heterocycles. The first kappa shape index (κ1) is 10.6. The molecule has 0 heterocycles. The molecule has 82 valence electrons. The lowest BCUT2D eigenvalue weighted by Gasteiger charge is -2.24. The van der Waals surface area contributed by atoms with Gasteiger partial charge in [0.25, 0.3) is 0 Å². The van der Waals surface area contributed by atoms with E-state index < -0.39 is 0 Å². The van der Waals surface area contributed by atoms with Crippen molar-refractivity contribution in [3.8, 4) is 0 Å². The average Bonchev–Trinajstić information content (AvgIpc) is 2.34. The molecule has 0 fully saturated rings. The Balaban J connectivity index is 2.41. The molecule has 0 radical (unpaired) electrons. The van der Waals surface area contributed by atoms with E-state index in [-0.39, 0.29) is 0 Å². The molecule has 2 aromatic carbocycles. The number of hydrogen-bond acceptors (Lipinski definition) is 2. The molecule has 2 N–H and O–H groups in total. The maximum Gasteiger partial charge on any atom is 0.0644 e. The molecule has 2 aromatic rings. The summed E-state index contributed by atoms with van der Waals surface area (Å²) in [5.41, 5.74) is 9.04. The second-order valence-corrected chi connectivity index (χ2v) is 3.64. The number of nitrogens with two attached hydrogens (primary N) is 1. The van der Waals surface area contributed by atoms with Crippen LogP contribution < -0.4 is 10.6 Å². The van der Waals surface area contributed by atoms with Gasteiger partial charge in [-0.1, -0.05) is 30.3 Å². The molecular formula is C14H16N2. The normalized spacial score (nSPS) is 10.1. The van der Waals surface area contributed by atoms with Crippen molar-refractivity contribution in [1.82, 2.24) is 0 Å². The molecule has 0 amide bonds. The van der Waals surface area contributed by atoms with Gasteiger partial charge in [-0.2, -0.15) is 0 Å². The lowest BCUT2D eigenvalue weighted by atomic mass is 10.2. The molecule has 16 heavy (non-hydrogen) atoms. The van der Waals surface area contributed by atoms with Crippen LogP contribution >= 0.6 is 0 Å². The highest BCUT2D eigenvalue weighted by Crippen LogP contribution is 2.29. The third kappa shape index (κ3) is 2.01. The monoisotopic (exact) mass is 212 g/mol. The predicted molar refractivity (Wildman–Crippen MR) is 70.0 cm³/mol. The fourth-order valence-corrected chi connectivity index (χ4v) is 1.83. The fraction of sp³-hybridized carbons (Fsp3) is 0.143. The Bertz CT molecular complexity index is 451. The van der Waals surface area contributed by atoms with Gasteiger partial charge in [-0.3, -0.25) is 0 Å². The molecule has 0 aliphatic carbocycles. The minimum absolute atomic E-state index is 0.813. The van der Waals surface area contributed by atoms with Crippen molar-refractivity contribution in [2.24, 2.45) is 0 Å². The van der Waals surface area contributed by atoms with Crippen LogP contribution in [-0.4, -0.2) is 6.54 Å². The number of rotatable bonds is 3. The Morgan fingerprint density at radius 1 is 0.938 bits per heavy atom. The first-order valence-electron chi connectivity index (χ1n) is 5.50. The lowest BCUT2D eigenvalue weighted by molar-refractivity contribution is 1.03. The fourth-order valence-electron chi connectivity index (χ4n) is 1.83. The first-order chi connectivity index (χ1) is 7.83. The summed E-state index contributed by atoms with van der Waals surface area (Å²) in [6.07, 6.45) is 0. The van der Waals surface area contributed by atoms with E-state index in [0.29, 0.717) is 0 Å². The number of para-hydroxylation sites is 3. The van der Waals surface area contributed by atoms with Crippen molar-refractivity contribution in [3.63, 3.8) is 0 Å². The summed E-state index contributed by atoms with van der Waals surface area (Å²) in [5.74, 6) is 0. The molecule has 0 saturated heterocycles. The van der Waals surface area contributed by atoms with Gasteiger partial charge in [0.1, 0.15) is 0 Å². The first-order valence-corrected chi connectivity index (χ1v) is 5.50. The zero-order valence-electron chi connectivity index (χ0n) is 9.43. The van der Waals surface area contributed by atoms with Crippen LogP contribution in [0.1, 0.15) is 6.92 Å². The third-order valence-corrected chi connectivity index (χ3v) is 2.61. The van der Waals surface area contributed by atoms with Crippen LogP contribution in [0.3, 0.4) is 0 Å². The number of nitrogen functional groups attached to an aromatic ring is 1. The average molecular weight is 212 g/mol. The van der Waals surface area contributed by atoms with Crippen LogP contribution in [0, 0.1) is 0 Å². The van der Waals surface area contributed by atoms with E-state index in [4.69, 9.17) is 5.73 Å². The van der Waals surface area contributed by atoms with Crippen molar-refractivity contribution < 1.29 is 0 Å². The van der Waals surface area contributed by atoms with Gasteiger partial charge in [0.15, 0.2) is 0 Å². The Labute approximate surface area is 96.3 Å².